The average molecular weight is 396 g/mol. The van der Waals surface area contributed by atoms with Crippen molar-refractivity contribution >= 4 is 17.5 Å². The number of rotatable bonds is 10. The Morgan fingerprint density at radius 1 is 1.07 bits per heavy atom. The molecule has 6 nitrogen and oxygen atoms in total. The van der Waals surface area contributed by atoms with E-state index in [4.69, 9.17) is 9.47 Å². The molecule has 2 aromatic rings. The number of nitrogens with zero attached hydrogens (tertiary/aromatic N) is 1. The Labute approximate surface area is 171 Å². The summed E-state index contributed by atoms with van der Waals surface area (Å²) in [6.45, 7) is 5.52. The van der Waals surface area contributed by atoms with Crippen molar-refractivity contribution in [3.05, 3.63) is 65.2 Å². The van der Waals surface area contributed by atoms with E-state index in [0.717, 1.165) is 29.8 Å². The maximum absolute atomic E-state index is 12.4. The summed E-state index contributed by atoms with van der Waals surface area (Å²) in [5.41, 5.74) is 3.51. The van der Waals surface area contributed by atoms with Crippen molar-refractivity contribution in [2.24, 2.45) is 0 Å². The van der Waals surface area contributed by atoms with Crippen LogP contribution in [0, 0.1) is 0 Å². The van der Waals surface area contributed by atoms with Crippen molar-refractivity contribution < 1.29 is 19.1 Å². The fourth-order valence-electron chi connectivity index (χ4n) is 3.28. The van der Waals surface area contributed by atoms with Gasteiger partial charge < -0.3 is 19.7 Å². The number of hydrogen-bond donors (Lipinski definition) is 1. The molecule has 0 unspecified atom stereocenters. The van der Waals surface area contributed by atoms with Gasteiger partial charge in [-0.05, 0) is 48.7 Å². The number of nitrogens with one attached hydrogen (secondary N) is 1. The molecule has 0 bridgehead atoms. The molecule has 0 atom stereocenters. The zero-order chi connectivity index (χ0) is 20.5. The lowest BCUT2D eigenvalue weighted by Gasteiger charge is -2.15. The first-order valence-electron chi connectivity index (χ1n) is 10.1. The second-order valence-electron chi connectivity index (χ2n) is 6.95. The Balaban J connectivity index is 1.48. The number of anilines is 1. The molecule has 1 saturated heterocycles. The maximum Gasteiger partial charge on any atom is 0.251 e. The molecule has 0 spiro atoms. The fraction of sp³-hybridized carbons (Fsp3) is 0.391. The van der Waals surface area contributed by atoms with Crippen LogP contribution in [0.3, 0.4) is 0 Å². The number of carbonyl (C=O) groups is 2. The third kappa shape index (κ3) is 6.14. The van der Waals surface area contributed by atoms with Crippen molar-refractivity contribution in [2.45, 2.75) is 32.9 Å². The van der Waals surface area contributed by atoms with Crippen molar-refractivity contribution in [2.75, 3.05) is 31.3 Å². The van der Waals surface area contributed by atoms with Crippen LogP contribution in [0.2, 0.25) is 0 Å². The van der Waals surface area contributed by atoms with Gasteiger partial charge in [-0.3, -0.25) is 9.59 Å². The Morgan fingerprint density at radius 3 is 2.55 bits per heavy atom. The number of amides is 2. The maximum atomic E-state index is 12.4. The zero-order valence-electron chi connectivity index (χ0n) is 16.9. The molecule has 29 heavy (non-hydrogen) atoms. The van der Waals surface area contributed by atoms with Gasteiger partial charge in [-0.2, -0.15) is 0 Å². The summed E-state index contributed by atoms with van der Waals surface area (Å²) < 4.78 is 10.8. The molecule has 1 heterocycles. The summed E-state index contributed by atoms with van der Waals surface area (Å²) in [4.78, 5) is 26.0. The number of carbonyl (C=O) groups excluding carboxylic acids is 2. The quantitative estimate of drug-likeness (QED) is 0.626. The highest BCUT2D eigenvalue weighted by Gasteiger charge is 2.21. The summed E-state index contributed by atoms with van der Waals surface area (Å²) in [6.07, 6.45) is 1.48. The smallest absolute Gasteiger partial charge is 0.251 e. The molecule has 0 aromatic heterocycles. The van der Waals surface area contributed by atoms with Gasteiger partial charge in [0.1, 0.15) is 0 Å². The van der Waals surface area contributed by atoms with Gasteiger partial charge in [0, 0.05) is 37.4 Å². The van der Waals surface area contributed by atoms with Crippen LogP contribution < -0.4 is 10.2 Å². The molecule has 0 radical (unpaired) electrons. The first kappa shape index (κ1) is 21.0. The van der Waals surface area contributed by atoms with E-state index in [1.54, 1.807) is 17.0 Å². The van der Waals surface area contributed by atoms with E-state index in [-0.39, 0.29) is 11.8 Å². The largest absolute Gasteiger partial charge is 0.379 e. The lowest BCUT2D eigenvalue weighted by Crippen LogP contribution is -2.25. The fourth-order valence-corrected chi connectivity index (χ4v) is 3.28. The van der Waals surface area contributed by atoms with E-state index in [0.29, 0.717) is 45.0 Å². The lowest BCUT2D eigenvalue weighted by atomic mass is 10.1. The topological polar surface area (TPSA) is 67.9 Å². The molecule has 6 heteroatoms. The molecule has 2 aromatic carbocycles. The second kappa shape index (κ2) is 10.7. The minimum atomic E-state index is -0.136. The van der Waals surface area contributed by atoms with Gasteiger partial charge in [0.25, 0.3) is 5.91 Å². The molecular formula is C23H28N2O4. The zero-order valence-corrected chi connectivity index (χ0v) is 16.9. The van der Waals surface area contributed by atoms with E-state index >= 15 is 0 Å². The van der Waals surface area contributed by atoms with Gasteiger partial charge in [-0.1, -0.05) is 24.3 Å². The second-order valence-corrected chi connectivity index (χ2v) is 6.95. The lowest BCUT2D eigenvalue weighted by molar-refractivity contribution is -0.117. The number of benzene rings is 2. The van der Waals surface area contributed by atoms with Gasteiger partial charge in [-0.25, -0.2) is 0 Å². The van der Waals surface area contributed by atoms with Crippen LogP contribution in [0.4, 0.5) is 5.69 Å². The Kier molecular flexibility index (Phi) is 7.78. The first-order valence-corrected chi connectivity index (χ1v) is 10.1. The van der Waals surface area contributed by atoms with E-state index < -0.39 is 0 Å². The third-order valence-electron chi connectivity index (χ3n) is 4.80. The van der Waals surface area contributed by atoms with E-state index in [1.165, 1.54) is 0 Å². The van der Waals surface area contributed by atoms with Gasteiger partial charge in [-0.15, -0.1) is 0 Å². The van der Waals surface area contributed by atoms with Gasteiger partial charge in [0.15, 0.2) is 0 Å². The average Bonchev–Trinajstić information content (AvgIpc) is 3.18. The van der Waals surface area contributed by atoms with E-state index in [1.807, 2.05) is 43.3 Å². The highest BCUT2D eigenvalue weighted by atomic mass is 16.5. The molecule has 3 rings (SSSR count). The van der Waals surface area contributed by atoms with E-state index in [2.05, 4.69) is 5.32 Å². The summed E-state index contributed by atoms with van der Waals surface area (Å²) in [5.74, 6) is 0.00613. The van der Waals surface area contributed by atoms with Crippen LogP contribution >= 0.6 is 0 Å². The summed E-state index contributed by atoms with van der Waals surface area (Å²) >= 11 is 0. The van der Waals surface area contributed by atoms with Crippen LogP contribution in [0.15, 0.2) is 48.5 Å². The molecule has 154 valence electrons. The van der Waals surface area contributed by atoms with Crippen LogP contribution in [0.5, 0.6) is 0 Å². The minimum Gasteiger partial charge on any atom is -0.379 e. The molecule has 0 saturated carbocycles. The molecule has 1 aliphatic heterocycles. The van der Waals surface area contributed by atoms with Crippen molar-refractivity contribution in [3.63, 3.8) is 0 Å². The Bertz CT molecular complexity index is 820. The normalized spacial score (nSPS) is 13.7. The van der Waals surface area contributed by atoms with Crippen LogP contribution in [-0.4, -0.2) is 38.2 Å². The van der Waals surface area contributed by atoms with Crippen LogP contribution in [0.25, 0.3) is 0 Å². The molecule has 1 N–H and O–H groups in total. The van der Waals surface area contributed by atoms with Crippen LogP contribution in [-0.2, 0) is 27.4 Å². The summed E-state index contributed by atoms with van der Waals surface area (Å²) in [7, 11) is 0. The van der Waals surface area contributed by atoms with Gasteiger partial charge >= 0.3 is 0 Å². The summed E-state index contributed by atoms with van der Waals surface area (Å²) in [6, 6.07) is 15.2. The van der Waals surface area contributed by atoms with Crippen LogP contribution in [0.1, 0.15) is 41.3 Å². The summed E-state index contributed by atoms with van der Waals surface area (Å²) in [5, 5.41) is 2.94. The number of hydrogen-bond acceptors (Lipinski definition) is 4. The Morgan fingerprint density at radius 2 is 1.83 bits per heavy atom. The molecule has 1 aliphatic rings. The molecule has 2 amide bonds. The van der Waals surface area contributed by atoms with E-state index in [9.17, 15) is 9.59 Å². The predicted octanol–water partition coefficient (Wildman–Crippen LogP) is 3.30. The van der Waals surface area contributed by atoms with Gasteiger partial charge in [0.05, 0.1) is 19.8 Å². The minimum absolute atomic E-state index is 0.136. The standard InChI is InChI=1S/C23H28N2O4/c1-2-28-13-14-29-17-19-6-3-5-18(15-19)16-24-23(27)20-8-10-21(11-9-20)25-12-4-7-22(25)26/h3,5-6,8-11,15H,2,4,7,12-14,16-17H2,1H3,(H,24,27). The highest BCUT2D eigenvalue weighted by molar-refractivity contribution is 5.97. The van der Waals surface area contributed by atoms with Crippen molar-refractivity contribution in [3.8, 4) is 0 Å². The van der Waals surface area contributed by atoms with Gasteiger partial charge in [0.2, 0.25) is 5.91 Å². The molecule has 1 fully saturated rings. The number of ether oxygens (including phenoxy) is 2. The monoisotopic (exact) mass is 396 g/mol. The first-order chi connectivity index (χ1) is 14.2. The third-order valence-corrected chi connectivity index (χ3v) is 4.80. The van der Waals surface area contributed by atoms with Crippen molar-refractivity contribution in [1.29, 1.82) is 0 Å². The SMILES string of the molecule is CCOCCOCc1cccc(CNC(=O)c2ccc(N3CCCC3=O)cc2)c1. The Hall–Kier alpha value is -2.70. The molecular weight excluding hydrogens is 368 g/mol. The highest BCUT2D eigenvalue weighted by Crippen LogP contribution is 2.21. The van der Waals surface area contributed by atoms with Crippen molar-refractivity contribution in [1.82, 2.24) is 5.32 Å². The predicted molar refractivity (Wildman–Crippen MR) is 112 cm³/mol. The molecule has 0 aliphatic carbocycles.